The molecule has 3 rings (SSSR count). The number of carbonyl (C=O) groups excluding carboxylic acids is 1. The van der Waals surface area contributed by atoms with Crippen molar-refractivity contribution in [1.29, 1.82) is 0 Å². The Bertz CT molecular complexity index is 737. The van der Waals surface area contributed by atoms with Crippen LogP contribution in [-0.2, 0) is 7.05 Å². The van der Waals surface area contributed by atoms with Gasteiger partial charge in [0.25, 0.3) is 5.91 Å². The molecule has 0 saturated carbocycles. The van der Waals surface area contributed by atoms with Crippen molar-refractivity contribution in [2.45, 2.75) is 26.2 Å². The van der Waals surface area contributed by atoms with Crippen molar-refractivity contribution < 1.29 is 4.79 Å². The zero-order chi connectivity index (χ0) is 16.6. The Morgan fingerprint density at radius 1 is 1.35 bits per heavy atom. The van der Waals surface area contributed by atoms with Crippen molar-refractivity contribution in [3.63, 3.8) is 0 Å². The fourth-order valence-electron chi connectivity index (χ4n) is 3.21. The molecular formula is C17H23N5O. The van der Waals surface area contributed by atoms with Crippen LogP contribution in [0.25, 0.3) is 0 Å². The normalized spacial score (nSPS) is 17.6. The molecule has 0 unspecified atom stereocenters. The van der Waals surface area contributed by atoms with Crippen LogP contribution >= 0.6 is 0 Å². The molecule has 3 heterocycles. The van der Waals surface area contributed by atoms with Crippen molar-refractivity contribution in [1.82, 2.24) is 19.7 Å². The summed E-state index contributed by atoms with van der Waals surface area (Å²) < 4.78 is 1.69. The molecule has 1 aliphatic rings. The second-order valence-electron chi connectivity index (χ2n) is 6.21. The Morgan fingerprint density at radius 3 is 2.78 bits per heavy atom. The van der Waals surface area contributed by atoms with E-state index in [0.29, 0.717) is 18.0 Å². The van der Waals surface area contributed by atoms with Gasteiger partial charge < -0.3 is 10.2 Å². The predicted molar refractivity (Wildman–Crippen MR) is 89.7 cm³/mol. The number of rotatable bonds is 3. The molecule has 1 saturated heterocycles. The van der Waals surface area contributed by atoms with Crippen LogP contribution in [0.3, 0.4) is 0 Å². The number of carbonyl (C=O) groups is 1. The number of aromatic nitrogens is 3. The van der Waals surface area contributed by atoms with Crippen LogP contribution in [0.5, 0.6) is 0 Å². The van der Waals surface area contributed by atoms with Gasteiger partial charge in [-0.25, -0.2) is 0 Å². The summed E-state index contributed by atoms with van der Waals surface area (Å²) in [6, 6.07) is 4.11. The van der Waals surface area contributed by atoms with E-state index in [0.717, 1.165) is 35.7 Å². The Hall–Kier alpha value is -2.37. The molecule has 1 aliphatic heterocycles. The van der Waals surface area contributed by atoms with E-state index < -0.39 is 0 Å². The molecule has 0 bridgehead atoms. The van der Waals surface area contributed by atoms with E-state index in [1.54, 1.807) is 10.9 Å². The number of aryl methyl sites for hydroxylation is 3. The molecule has 2 aromatic heterocycles. The third kappa shape index (κ3) is 3.06. The highest BCUT2D eigenvalue weighted by Gasteiger charge is 2.30. The molecule has 1 atom stereocenters. The van der Waals surface area contributed by atoms with Crippen LogP contribution in [0.4, 0.5) is 5.69 Å². The fourth-order valence-corrected chi connectivity index (χ4v) is 3.21. The summed E-state index contributed by atoms with van der Waals surface area (Å²) in [5.74, 6) is 0.363. The Kier molecular flexibility index (Phi) is 4.07. The third-order valence-corrected chi connectivity index (χ3v) is 4.40. The van der Waals surface area contributed by atoms with E-state index in [2.05, 4.69) is 21.5 Å². The van der Waals surface area contributed by atoms with E-state index in [4.69, 9.17) is 0 Å². The number of nitrogens with zero attached hydrogens (tertiary/aromatic N) is 4. The number of pyridine rings is 1. The summed E-state index contributed by atoms with van der Waals surface area (Å²) in [5.41, 5.74) is 4.61. The van der Waals surface area contributed by atoms with Gasteiger partial charge in [-0.1, -0.05) is 0 Å². The van der Waals surface area contributed by atoms with Gasteiger partial charge >= 0.3 is 0 Å². The van der Waals surface area contributed by atoms with E-state index >= 15 is 0 Å². The number of amides is 1. The maximum Gasteiger partial charge on any atom is 0.257 e. The first-order valence-corrected chi connectivity index (χ1v) is 7.93. The largest absolute Gasteiger partial charge is 0.388 e. The van der Waals surface area contributed by atoms with Crippen molar-refractivity contribution >= 4 is 11.6 Å². The summed E-state index contributed by atoms with van der Waals surface area (Å²) in [6.45, 7) is 5.36. The van der Waals surface area contributed by atoms with Gasteiger partial charge in [-0.05, 0) is 32.4 Å². The standard InChI is InChI=1S/C17H23N5O/c1-11-7-14(18-3)8-16(19-11)13-5-6-22(9-13)17(23)15-10-21(4)20-12(15)2/h7-8,10,13H,5-6,9H2,1-4H3,(H,18,19)/t13-/m1/s1. The lowest BCUT2D eigenvalue weighted by molar-refractivity contribution is 0.0790. The first-order chi connectivity index (χ1) is 11.0. The molecular weight excluding hydrogens is 290 g/mol. The molecule has 23 heavy (non-hydrogen) atoms. The minimum atomic E-state index is 0.0691. The highest BCUT2D eigenvalue weighted by atomic mass is 16.2. The van der Waals surface area contributed by atoms with Gasteiger partial charge in [0.1, 0.15) is 0 Å². The number of likely N-dealkylation sites (tertiary alicyclic amines) is 1. The second-order valence-corrected chi connectivity index (χ2v) is 6.21. The zero-order valence-corrected chi connectivity index (χ0v) is 14.1. The second kappa shape index (κ2) is 6.02. The topological polar surface area (TPSA) is 63.1 Å². The lowest BCUT2D eigenvalue weighted by Gasteiger charge is -2.16. The van der Waals surface area contributed by atoms with E-state index in [1.165, 1.54) is 0 Å². The average Bonchev–Trinajstić information content (AvgIpc) is 3.12. The highest BCUT2D eigenvalue weighted by Crippen LogP contribution is 2.29. The molecule has 6 nitrogen and oxygen atoms in total. The van der Waals surface area contributed by atoms with Crippen LogP contribution in [0, 0.1) is 13.8 Å². The van der Waals surface area contributed by atoms with Crippen LogP contribution in [0.1, 0.15) is 39.8 Å². The minimum absolute atomic E-state index is 0.0691. The summed E-state index contributed by atoms with van der Waals surface area (Å²) in [4.78, 5) is 19.3. The molecule has 0 spiro atoms. The van der Waals surface area contributed by atoms with Crippen LogP contribution in [0.2, 0.25) is 0 Å². The maximum atomic E-state index is 12.7. The molecule has 0 aliphatic carbocycles. The minimum Gasteiger partial charge on any atom is -0.388 e. The maximum absolute atomic E-state index is 12.7. The van der Waals surface area contributed by atoms with Crippen LogP contribution < -0.4 is 5.32 Å². The predicted octanol–water partition coefficient (Wildman–Crippen LogP) is 2.10. The SMILES string of the molecule is CNc1cc(C)nc([C@@H]2CCN(C(=O)c3cn(C)nc3C)C2)c1. The molecule has 1 N–H and O–H groups in total. The van der Waals surface area contributed by atoms with Gasteiger partial charge in [-0.2, -0.15) is 5.10 Å². The van der Waals surface area contributed by atoms with E-state index in [-0.39, 0.29) is 5.91 Å². The molecule has 1 fully saturated rings. The first-order valence-electron chi connectivity index (χ1n) is 7.93. The van der Waals surface area contributed by atoms with E-state index in [9.17, 15) is 4.79 Å². The van der Waals surface area contributed by atoms with Gasteiger partial charge in [0, 0.05) is 56.4 Å². The van der Waals surface area contributed by atoms with Crippen molar-refractivity contribution in [2.75, 3.05) is 25.5 Å². The quantitative estimate of drug-likeness (QED) is 0.942. The lowest BCUT2D eigenvalue weighted by Crippen LogP contribution is -2.28. The number of anilines is 1. The Morgan fingerprint density at radius 2 is 2.13 bits per heavy atom. The zero-order valence-electron chi connectivity index (χ0n) is 14.1. The Labute approximate surface area is 136 Å². The number of nitrogens with one attached hydrogen (secondary N) is 1. The van der Waals surface area contributed by atoms with Crippen LogP contribution in [-0.4, -0.2) is 45.7 Å². The molecule has 6 heteroatoms. The van der Waals surface area contributed by atoms with Gasteiger partial charge in [-0.15, -0.1) is 0 Å². The molecule has 122 valence electrons. The van der Waals surface area contributed by atoms with Crippen LogP contribution in [0.15, 0.2) is 18.3 Å². The summed E-state index contributed by atoms with van der Waals surface area (Å²) in [7, 11) is 3.75. The summed E-state index contributed by atoms with van der Waals surface area (Å²) in [5, 5.41) is 7.43. The van der Waals surface area contributed by atoms with Gasteiger partial charge in [0.2, 0.25) is 0 Å². The van der Waals surface area contributed by atoms with Gasteiger partial charge in [0.05, 0.1) is 11.3 Å². The van der Waals surface area contributed by atoms with Crippen molar-refractivity contribution in [3.05, 3.63) is 41.0 Å². The number of hydrogen-bond donors (Lipinski definition) is 1. The first kappa shape index (κ1) is 15.5. The Balaban J connectivity index is 1.77. The van der Waals surface area contributed by atoms with Crippen molar-refractivity contribution in [2.24, 2.45) is 7.05 Å². The monoisotopic (exact) mass is 313 g/mol. The summed E-state index contributed by atoms with van der Waals surface area (Å²) >= 11 is 0. The highest BCUT2D eigenvalue weighted by molar-refractivity contribution is 5.95. The van der Waals surface area contributed by atoms with E-state index in [1.807, 2.05) is 38.9 Å². The molecule has 0 radical (unpaired) electrons. The van der Waals surface area contributed by atoms with Crippen molar-refractivity contribution in [3.8, 4) is 0 Å². The molecule has 2 aromatic rings. The summed E-state index contributed by atoms with van der Waals surface area (Å²) in [6.07, 6.45) is 2.75. The average molecular weight is 313 g/mol. The lowest BCUT2D eigenvalue weighted by atomic mass is 10.0. The fraction of sp³-hybridized carbons (Fsp3) is 0.471. The van der Waals surface area contributed by atoms with Gasteiger partial charge in [-0.3, -0.25) is 14.5 Å². The smallest absolute Gasteiger partial charge is 0.257 e. The van der Waals surface area contributed by atoms with Gasteiger partial charge in [0.15, 0.2) is 0 Å². The number of hydrogen-bond acceptors (Lipinski definition) is 4. The molecule has 1 amide bonds. The molecule has 0 aromatic carbocycles. The third-order valence-electron chi connectivity index (χ3n) is 4.40.